The summed E-state index contributed by atoms with van der Waals surface area (Å²) in [5, 5.41) is 2.80. The lowest BCUT2D eigenvalue weighted by Gasteiger charge is -2.26. The molecule has 27 heavy (non-hydrogen) atoms. The van der Waals surface area contributed by atoms with Crippen LogP contribution in [0.3, 0.4) is 0 Å². The van der Waals surface area contributed by atoms with Crippen molar-refractivity contribution in [2.24, 2.45) is 0 Å². The number of amides is 4. The maximum atomic E-state index is 12.8. The normalized spacial score (nSPS) is 15.9. The Kier molecular flexibility index (Phi) is 5.48. The number of ether oxygens (including phenoxy) is 1. The summed E-state index contributed by atoms with van der Waals surface area (Å²) < 4.78 is 5.35. The average molecular weight is 405 g/mol. The minimum absolute atomic E-state index is 0.193. The second kappa shape index (κ2) is 7.82. The first-order chi connectivity index (χ1) is 12.9. The highest BCUT2D eigenvalue weighted by Crippen LogP contribution is 2.26. The molecule has 0 spiro atoms. The second-order valence-electron chi connectivity index (χ2n) is 5.56. The van der Waals surface area contributed by atoms with E-state index >= 15 is 0 Å². The average Bonchev–Trinajstić information content (AvgIpc) is 2.63. The number of carbonyl (C=O) groups is 3. The first-order valence-electron chi connectivity index (χ1n) is 8.00. The van der Waals surface area contributed by atoms with Crippen molar-refractivity contribution in [1.82, 2.24) is 5.32 Å². The maximum absolute atomic E-state index is 12.8. The van der Waals surface area contributed by atoms with E-state index < -0.39 is 17.8 Å². The van der Waals surface area contributed by atoms with Gasteiger partial charge in [-0.2, -0.15) is 0 Å². The Morgan fingerprint density at radius 1 is 1.04 bits per heavy atom. The predicted molar refractivity (Wildman–Crippen MR) is 103 cm³/mol. The fraction of sp³-hybridized carbons (Fsp3) is 0.105. The van der Waals surface area contributed by atoms with Crippen LogP contribution in [0.5, 0.6) is 5.75 Å². The SMILES string of the molecule is CCOc1ccc(N2C(=O)NC(=O)/C(=C\c3ccc(Cl)c(Cl)c3)C2=O)cc1. The lowest BCUT2D eigenvalue weighted by Crippen LogP contribution is -2.54. The van der Waals surface area contributed by atoms with Gasteiger partial charge in [0.1, 0.15) is 11.3 Å². The summed E-state index contributed by atoms with van der Waals surface area (Å²) in [4.78, 5) is 38.0. The van der Waals surface area contributed by atoms with Gasteiger partial charge >= 0.3 is 6.03 Å². The molecule has 2 aromatic carbocycles. The van der Waals surface area contributed by atoms with E-state index in [1.807, 2.05) is 6.92 Å². The van der Waals surface area contributed by atoms with E-state index in [9.17, 15) is 14.4 Å². The van der Waals surface area contributed by atoms with Gasteiger partial charge in [0.2, 0.25) is 0 Å². The number of anilines is 1. The van der Waals surface area contributed by atoms with Gasteiger partial charge in [-0.15, -0.1) is 0 Å². The topological polar surface area (TPSA) is 75.7 Å². The van der Waals surface area contributed by atoms with Gasteiger partial charge < -0.3 is 4.74 Å². The highest BCUT2D eigenvalue weighted by atomic mass is 35.5. The summed E-state index contributed by atoms with van der Waals surface area (Å²) in [7, 11) is 0. The van der Waals surface area contributed by atoms with Crippen molar-refractivity contribution in [3.8, 4) is 5.75 Å². The fourth-order valence-corrected chi connectivity index (χ4v) is 2.83. The number of barbiturate groups is 1. The van der Waals surface area contributed by atoms with Gasteiger partial charge in [0, 0.05) is 0 Å². The van der Waals surface area contributed by atoms with Crippen LogP contribution in [-0.2, 0) is 9.59 Å². The standard InChI is InChI=1S/C19H14Cl2N2O4/c1-2-27-13-6-4-12(5-7-13)23-18(25)14(17(24)22-19(23)26)9-11-3-8-15(20)16(21)10-11/h3-10H,2H2,1H3,(H,22,24,26)/b14-9+. The summed E-state index contributed by atoms with van der Waals surface area (Å²) in [6, 6.07) is 10.3. The number of imide groups is 2. The molecule has 1 fully saturated rings. The molecule has 0 atom stereocenters. The van der Waals surface area contributed by atoms with Crippen LogP contribution in [0.25, 0.3) is 6.08 Å². The largest absolute Gasteiger partial charge is 0.494 e. The lowest BCUT2D eigenvalue weighted by molar-refractivity contribution is -0.122. The molecule has 4 amide bonds. The van der Waals surface area contributed by atoms with Crippen molar-refractivity contribution in [3.63, 3.8) is 0 Å². The van der Waals surface area contributed by atoms with E-state index in [-0.39, 0.29) is 10.6 Å². The van der Waals surface area contributed by atoms with Crippen LogP contribution in [0.15, 0.2) is 48.0 Å². The summed E-state index contributed by atoms with van der Waals surface area (Å²) in [5.74, 6) is -0.911. The van der Waals surface area contributed by atoms with Crippen molar-refractivity contribution in [2.45, 2.75) is 6.92 Å². The molecule has 2 aromatic rings. The van der Waals surface area contributed by atoms with Gasteiger partial charge in [0.25, 0.3) is 11.8 Å². The molecule has 0 aliphatic carbocycles. The molecule has 138 valence electrons. The van der Waals surface area contributed by atoms with Gasteiger partial charge in [-0.05, 0) is 55.0 Å². The van der Waals surface area contributed by atoms with Crippen LogP contribution in [0.1, 0.15) is 12.5 Å². The molecule has 0 bridgehead atoms. The van der Waals surface area contributed by atoms with Crippen LogP contribution in [0, 0.1) is 0 Å². The zero-order chi connectivity index (χ0) is 19.6. The monoisotopic (exact) mass is 404 g/mol. The van der Waals surface area contributed by atoms with E-state index in [2.05, 4.69) is 5.32 Å². The Balaban J connectivity index is 1.95. The van der Waals surface area contributed by atoms with Crippen LogP contribution in [-0.4, -0.2) is 24.5 Å². The number of hydrogen-bond donors (Lipinski definition) is 1. The van der Waals surface area contributed by atoms with Crippen LogP contribution in [0.4, 0.5) is 10.5 Å². The number of hydrogen-bond acceptors (Lipinski definition) is 4. The highest BCUT2D eigenvalue weighted by molar-refractivity contribution is 6.42. The molecule has 3 rings (SSSR count). The molecule has 1 N–H and O–H groups in total. The van der Waals surface area contributed by atoms with Crippen molar-refractivity contribution < 1.29 is 19.1 Å². The Morgan fingerprint density at radius 3 is 2.37 bits per heavy atom. The number of nitrogens with zero attached hydrogens (tertiary/aromatic N) is 1. The van der Waals surface area contributed by atoms with Crippen molar-refractivity contribution >= 4 is 52.8 Å². The summed E-state index contributed by atoms with van der Waals surface area (Å²) in [5.41, 5.74) is 0.624. The molecular formula is C19H14Cl2N2O4. The molecule has 1 aliphatic heterocycles. The molecule has 8 heteroatoms. The molecule has 6 nitrogen and oxygen atoms in total. The quantitative estimate of drug-likeness (QED) is 0.615. The molecule has 0 aromatic heterocycles. The smallest absolute Gasteiger partial charge is 0.335 e. The number of urea groups is 1. The number of nitrogens with one attached hydrogen (secondary N) is 1. The van der Waals surface area contributed by atoms with Gasteiger partial charge in [-0.25, -0.2) is 9.69 Å². The van der Waals surface area contributed by atoms with Gasteiger partial charge in [0.05, 0.1) is 22.3 Å². The Bertz CT molecular complexity index is 955. The molecule has 0 saturated carbocycles. The van der Waals surface area contributed by atoms with E-state index in [0.717, 1.165) is 4.90 Å². The zero-order valence-corrected chi connectivity index (χ0v) is 15.7. The van der Waals surface area contributed by atoms with Crippen molar-refractivity contribution in [2.75, 3.05) is 11.5 Å². The molecule has 1 saturated heterocycles. The molecule has 0 unspecified atom stereocenters. The molecule has 1 aliphatic rings. The van der Waals surface area contributed by atoms with Gasteiger partial charge in [-0.1, -0.05) is 29.3 Å². The summed E-state index contributed by atoms with van der Waals surface area (Å²) in [6.07, 6.45) is 1.36. The summed E-state index contributed by atoms with van der Waals surface area (Å²) in [6.45, 7) is 2.34. The lowest BCUT2D eigenvalue weighted by atomic mass is 10.1. The number of rotatable bonds is 4. The Labute approximate surface area is 165 Å². The molecule has 0 radical (unpaired) electrons. The number of carbonyl (C=O) groups excluding carboxylic acids is 3. The van der Waals surface area contributed by atoms with E-state index in [1.54, 1.807) is 36.4 Å². The third kappa shape index (κ3) is 3.97. The van der Waals surface area contributed by atoms with Gasteiger partial charge in [0.15, 0.2) is 0 Å². The second-order valence-corrected chi connectivity index (χ2v) is 6.37. The minimum atomic E-state index is -0.819. The van der Waals surface area contributed by atoms with E-state index in [0.29, 0.717) is 28.6 Å². The third-order valence-electron chi connectivity index (χ3n) is 3.76. The zero-order valence-electron chi connectivity index (χ0n) is 14.2. The van der Waals surface area contributed by atoms with Crippen LogP contribution in [0.2, 0.25) is 10.0 Å². The van der Waals surface area contributed by atoms with E-state index in [1.165, 1.54) is 12.1 Å². The van der Waals surface area contributed by atoms with E-state index in [4.69, 9.17) is 27.9 Å². The fourth-order valence-electron chi connectivity index (χ4n) is 2.52. The number of benzene rings is 2. The summed E-state index contributed by atoms with van der Waals surface area (Å²) >= 11 is 11.8. The minimum Gasteiger partial charge on any atom is -0.494 e. The van der Waals surface area contributed by atoms with Gasteiger partial charge in [-0.3, -0.25) is 14.9 Å². The molecule has 1 heterocycles. The first-order valence-corrected chi connectivity index (χ1v) is 8.75. The van der Waals surface area contributed by atoms with Crippen LogP contribution >= 0.6 is 23.2 Å². The van der Waals surface area contributed by atoms with Crippen molar-refractivity contribution in [1.29, 1.82) is 0 Å². The Hall–Kier alpha value is -2.83. The van der Waals surface area contributed by atoms with Crippen molar-refractivity contribution in [3.05, 3.63) is 63.6 Å². The first kappa shape index (κ1) is 18.9. The Morgan fingerprint density at radius 2 is 1.74 bits per heavy atom. The highest BCUT2D eigenvalue weighted by Gasteiger charge is 2.36. The van der Waals surface area contributed by atoms with Crippen LogP contribution < -0.4 is 15.0 Å². The number of halogens is 2. The predicted octanol–water partition coefficient (Wildman–Crippen LogP) is 4.06. The third-order valence-corrected chi connectivity index (χ3v) is 4.50. The molecular weight excluding hydrogens is 391 g/mol. The maximum Gasteiger partial charge on any atom is 0.335 e.